The first kappa shape index (κ1) is 30.4. The molecule has 4 rings (SSSR count). The summed E-state index contributed by atoms with van der Waals surface area (Å²) >= 11 is 0. The maximum Gasteiger partial charge on any atom is 0.303 e. The molecule has 0 saturated carbocycles. The number of carboxylic acids is 1. The summed E-state index contributed by atoms with van der Waals surface area (Å²) in [6.45, 7) is 2.00. The molecule has 0 bridgehead atoms. The van der Waals surface area contributed by atoms with Crippen molar-refractivity contribution in [1.29, 1.82) is 0 Å². The van der Waals surface area contributed by atoms with Gasteiger partial charge >= 0.3 is 5.97 Å². The first-order valence-corrected chi connectivity index (χ1v) is 13.7. The maximum atomic E-state index is 13.9. The summed E-state index contributed by atoms with van der Waals surface area (Å²) in [4.78, 5) is 20.4. The summed E-state index contributed by atoms with van der Waals surface area (Å²) in [5.74, 6) is -3.46. The van der Waals surface area contributed by atoms with Gasteiger partial charge in [0.15, 0.2) is 11.6 Å². The molecule has 0 spiro atoms. The third kappa shape index (κ3) is 7.20. The number of halogens is 3. The number of carbonyl (C=O) groups is 1. The third-order valence-corrected chi connectivity index (χ3v) is 8.04. The zero-order valence-electron chi connectivity index (χ0n) is 23.6. The Labute approximate surface area is 237 Å². The number of aliphatic carboxylic acids is 1. The Balaban J connectivity index is 1.43. The standard InChI is InChI=1S/C30H37F3N4O4/c1-36(2)25-18-35-23-5-4-20(41-3)16-21(23)28(25)26(38)6-7-30(17-27(39)40)8-11-37(12-9-30)13-10-34-24-15-19(31)14-22(32)29(24)33/h4-5,14-16,18,26,34,38H,6-13,17H2,1-3H3,(H,39,40). The highest BCUT2D eigenvalue weighted by atomic mass is 19.2. The molecule has 0 aliphatic carbocycles. The van der Waals surface area contributed by atoms with Crippen LogP contribution in [-0.2, 0) is 4.79 Å². The van der Waals surface area contributed by atoms with E-state index in [-0.39, 0.29) is 18.7 Å². The van der Waals surface area contributed by atoms with Crippen LogP contribution in [0.5, 0.6) is 5.75 Å². The van der Waals surface area contributed by atoms with Gasteiger partial charge in [0.25, 0.3) is 0 Å². The molecule has 1 aromatic heterocycles. The Bertz CT molecular complexity index is 1380. The highest BCUT2D eigenvalue weighted by Crippen LogP contribution is 2.43. The lowest BCUT2D eigenvalue weighted by atomic mass is 9.71. The Kier molecular flexibility index (Phi) is 9.60. The van der Waals surface area contributed by atoms with Crippen molar-refractivity contribution in [2.45, 2.75) is 38.2 Å². The van der Waals surface area contributed by atoms with Crippen LogP contribution in [0.3, 0.4) is 0 Å². The van der Waals surface area contributed by atoms with Gasteiger partial charge in [-0.15, -0.1) is 0 Å². The van der Waals surface area contributed by atoms with Gasteiger partial charge in [-0.1, -0.05) is 0 Å². The molecule has 222 valence electrons. The van der Waals surface area contributed by atoms with Gasteiger partial charge < -0.3 is 30.1 Å². The molecule has 1 fully saturated rings. The van der Waals surface area contributed by atoms with Crippen LogP contribution < -0.4 is 15.0 Å². The number of fused-ring (bicyclic) bond motifs is 1. The number of anilines is 2. The second-order valence-electron chi connectivity index (χ2n) is 11.0. The number of aliphatic hydroxyl groups excluding tert-OH is 1. The smallest absolute Gasteiger partial charge is 0.303 e. The molecule has 3 aromatic rings. The normalized spacial score (nSPS) is 16.0. The molecule has 1 aliphatic rings. The number of nitrogens with one attached hydrogen (secondary N) is 1. The van der Waals surface area contributed by atoms with Crippen LogP contribution in [0.4, 0.5) is 24.5 Å². The number of pyridine rings is 1. The first-order valence-electron chi connectivity index (χ1n) is 13.7. The molecule has 0 amide bonds. The highest BCUT2D eigenvalue weighted by molar-refractivity contribution is 5.88. The minimum Gasteiger partial charge on any atom is -0.497 e. The average molecular weight is 575 g/mol. The van der Waals surface area contributed by atoms with Crippen LogP contribution >= 0.6 is 0 Å². The number of hydrogen-bond acceptors (Lipinski definition) is 7. The summed E-state index contributed by atoms with van der Waals surface area (Å²) in [7, 11) is 5.35. The Morgan fingerprint density at radius 3 is 2.59 bits per heavy atom. The summed E-state index contributed by atoms with van der Waals surface area (Å²) in [5, 5.41) is 24.7. The fourth-order valence-electron chi connectivity index (χ4n) is 5.72. The molecule has 41 heavy (non-hydrogen) atoms. The molecule has 0 radical (unpaired) electrons. The van der Waals surface area contributed by atoms with Gasteiger partial charge in [-0.05, 0) is 62.4 Å². The number of methoxy groups -OCH3 is 1. The Morgan fingerprint density at radius 2 is 1.93 bits per heavy atom. The molecule has 3 N–H and O–H groups in total. The quantitative estimate of drug-likeness (QED) is 0.254. The number of likely N-dealkylation sites (tertiary alicyclic amines) is 1. The Morgan fingerprint density at radius 1 is 1.20 bits per heavy atom. The lowest BCUT2D eigenvalue weighted by Crippen LogP contribution is -2.43. The van der Waals surface area contributed by atoms with Crippen LogP contribution in [0.25, 0.3) is 10.9 Å². The van der Waals surface area contributed by atoms with E-state index in [0.717, 1.165) is 28.2 Å². The minimum atomic E-state index is -1.25. The minimum absolute atomic E-state index is 0.00889. The van der Waals surface area contributed by atoms with Crippen LogP contribution in [0.2, 0.25) is 0 Å². The maximum absolute atomic E-state index is 13.9. The number of piperidine rings is 1. The SMILES string of the molecule is COc1ccc2ncc(N(C)C)c(C(O)CCC3(CC(=O)O)CCN(CCNc4cc(F)cc(F)c4F)CC3)c2c1. The monoisotopic (exact) mass is 574 g/mol. The van der Waals surface area contributed by atoms with Gasteiger partial charge in [-0.3, -0.25) is 9.78 Å². The fraction of sp³-hybridized carbons (Fsp3) is 0.467. The van der Waals surface area contributed by atoms with E-state index in [2.05, 4.69) is 15.2 Å². The Hall–Kier alpha value is -3.57. The molecule has 8 nitrogen and oxygen atoms in total. The van der Waals surface area contributed by atoms with Gasteiger partial charge in [0.1, 0.15) is 11.6 Å². The number of nitrogens with zero attached hydrogens (tertiary/aromatic N) is 3. The largest absolute Gasteiger partial charge is 0.497 e. The third-order valence-electron chi connectivity index (χ3n) is 8.04. The van der Waals surface area contributed by atoms with E-state index in [9.17, 15) is 28.2 Å². The number of carboxylic acid groups (broad SMARTS) is 1. The second-order valence-corrected chi connectivity index (χ2v) is 11.0. The molecular weight excluding hydrogens is 537 g/mol. The molecule has 2 heterocycles. The molecular formula is C30H37F3N4O4. The van der Waals surface area contributed by atoms with Crippen LogP contribution in [0.1, 0.15) is 43.8 Å². The lowest BCUT2D eigenvalue weighted by Gasteiger charge is -2.41. The van der Waals surface area contributed by atoms with Gasteiger partial charge in [0.05, 0.1) is 42.7 Å². The number of benzene rings is 2. The fourth-order valence-corrected chi connectivity index (χ4v) is 5.72. The van der Waals surface area contributed by atoms with Crippen molar-refractivity contribution >= 4 is 28.2 Å². The number of aromatic nitrogens is 1. The second kappa shape index (κ2) is 12.9. The summed E-state index contributed by atoms with van der Waals surface area (Å²) < 4.78 is 46.3. The summed E-state index contributed by atoms with van der Waals surface area (Å²) in [5.41, 5.74) is 1.52. The van der Waals surface area contributed by atoms with Crippen molar-refractivity contribution in [1.82, 2.24) is 9.88 Å². The molecule has 1 atom stereocenters. The van der Waals surface area contributed by atoms with E-state index in [1.54, 1.807) is 13.3 Å². The van der Waals surface area contributed by atoms with Crippen LogP contribution in [0, 0.1) is 22.9 Å². The van der Waals surface area contributed by atoms with Gasteiger partial charge in [-0.2, -0.15) is 0 Å². The molecule has 2 aromatic carbocycles. The van der Waals surface area contributed by atoms with Crippen molar-refractivity contribution in [2.24, 2.45) is 5.41 Å². The van der Waals surface area contributed by atoms with Gasteiger partial charge in [0, 0.05) is 50.3 Å². The molecule has 1 aliphatic heterocycles. The van der Waals surface area contributed by atoms with E-state index in [1.807, 2.05) is 37.2 Å². The zero-order chi connectivity index (χ0) is 29.7. The van der Waals surface area contributed by atoms with E-state index in [4.69, 9.17) is 4.74 Å². The van der Waals surface area contributed by atoms with E-state index in [0.29, 0.717) is 57.1 Å². The van der Waals surface area contributed by atoms with Gasteiger partial charge in [0.2, 0.25) is 0 Å². The predicted octanol–water partition coefficient (Wildman–Crippen LogP) is 5.21. The summed E-state index contributed by atoms with van der Waals surface area (Å²) in [6, 6.07) is 6.94. The zero-order valence-corrected chi connectivity index (χ0v) is 23.6. The van der Waals surface area contributed by atoms with Crippen LogP contribution in [0.15, 0.2) is 36.5 Å². The lowest BCUT2D eigenvalue weighted by molar-refractivity contribution is -0.141. The van der Waals surface area contributed by atoms with Crippen molar-refractivity contribution in [2.75, 3.05) is 57.6 Å². The van der Waals surface area contributed by atoms with Crippen molar-refractivity contribution in [3.8, 4) is 5.75 Å². The number of aliphatic hydroxyl groups is 1. The molecule has 1 saturated heterocycles. The molecule has 11 heteroatoms. The highest BCUT2D eigenvalue weighted by Gasteiger charge is 2.37. The van der Waals surface area contributed by atoms with Crippen molar-refractivity contribution in [3.05, 3.63) is 59.5 Å². The van der Waals surface area contributed by atoms with Crippen molar-refractivity contribution in [3.63, 3.8) is 0 Å². The van der Waals surface area contributed by atoms with Crippen molar-refractivity contribution < 1.29 is 32.9 Å². The molecule has 1 unspecified atom stereocenters. The number of hydrogen-bond donors (Lipinski definition) is 3. The van der Waals surface area contributed by atoms with E-state index in [1.165, 1.54) is 0 Å². The first-order chi connectivity index (χ1) is 19.5. The topological polar surface area (TPSA) is 98.2 Å². The average Bonchev–Trinajstić information content (AvgIpc) is 2.94. The van der Waals surface area contributed by atoms with Gasteiger partial charge in [-0.25, -0.2) is 13.2 Å². The summed E-state index contributed by atoms with van der Waals surface area (Å²) in [6.07, 6.45) is 2.99. The predicted molar refractivity (Wildman–Crippen MR) is 152 cm³/mol. The number of ether oxygens (including phenoxy) is 1. The van der Waals surface area contributed by atoms with Crippen LogP contribution in [-0.4, -0.2) is 73.5 Å². The van der Waals surface area contributed by atoms with E-state index >= 15 is 0 Å². The number of rotatable bonds is 12. The van der Waals surface area contributed by atoms with E-state index < -0.39 is 34.9 Å².